The lowest BCUT2D eigenvalue weighted by atomic mass is 10.0. The van der Waals surface area contributed by atoms with Crippen LogP contribution in [-0.2, 0) is 6.42 Å². The van der Waals surface area contributed by atoms with Crippen LogP contribution >= 0.6 is 0 Å². The summed E-state index contributed by atoms with van der Waals surface area (Å²) in [6, 6.07) is 22.0. The van der Waals surface area contributed by atoms with Crippen molar-refractivity contribution in [1.82, 2.24) is 0 Å². The third-order valence-corrected chi connectivity index (χ3v) is 5.51. The molecule has 0 unspecified atom stereocenters. The molecule has 0 spiro atoms. The number of ether oxygens (including phenoxy) is 1. The maximum atomic E-state index is 13.0. The molecule has 0 saturated carbocycles. The van der Waals surface area contributed by atoms with Gasteiger partial charge in [0.05, 0.1) is 6.61 Å². The minimum atomic E-state index is -0.343. The second-order valence-corrected chi connectivity index (χ2v) is 8.26. The molecule has 0 fully saturated rings. The Kier molecular flexibility index (Phi) is 9.19. The van der Waals surface area contributed by atoms with Crippen LogP contribution < -0.4 is 4.74 Å². The van der Waals surface area contributed by atoms with Gasteiger partial charge in [-0.15, -0.1) is 0 Å². The fourth-order valence-corrected chi connectivity index (χ4v) is 3.49. The first kappa shape index (κ1) is 24.2. The molecule has 2 nitrogen and oxygen atoms in total. The fourth-order valence-electron chi connectivity index (χ4n) is 3.49. The van der Waals surface area contributed by atoms with Crippen molar-refractivity contribution in [3.63, 3.8) is 0 Å². The fraction of sp³-hybridized carbons (Fsp3) is 0.233. The molecule has 33 heavy (non-hydrogen) atoms. The van der Waals surface area contributed by atoms with Gasteiger partial charge in [-0.2, -0.15) is 0 Å². The lowest BCUT2D eigenvalue weighted by molar-refractivity contribution is 0.104. The van der Waals surface area contributed by atoms with E-state index < -0.39 is 0 Å². The molecule has 0 amide bonds. The van der Waals surface area contributed by atoms with Gasteiger partial charge in [0.25, 0.3) is 0 Å². The first-order chi connectivity index (χ1) is 16.0. The van der Waals surface area contributed by atoms with E-state index in [0.717, 1.165) is 54.7 Å². The highest BCUT2D eigenvalue weighted by atomic mass is 19.1. The van der Waals surface area contributed by atoms with Crippen molar-refractivity contribution in [2.24, 2.45) is 0 Å². The number of rotatable bonds is 12. The Bertz CT molecular complexity index is 1060. The minimum Gasteiger partial charge on any atom is -0.494 e. The summed E-state index contributed by atoms with van der Waals surface area (Å²) in [6.07, 6.45) is 8.88. The van der Waals surface area contributed by atoms with E-state index in [0.29, 0.717) is 5.56 Å². The SMILES string of the molecule is C=C(C)c1ccc(OCCCCCCc2ccc(C=CC(=O)c3ccc(F)cc3)cc2)cc1. The number of carbonyl (C=O) groups is 1. The van der Waals surface area contributed by atoms with Crippen LogP contribution in [0.2, 0.25) is 0 Å². The van der Waals surface area contributed by atoms with E-state index in [1.54, 1.807) is 6.08 Å². The Morgan fingerprint density at radius 1 is 0.848 bits per heavy atom. The summed E-state index contributed by atoms with van der Waals surface area (Å²) in [5.41, 5.74) is 4.96. The standard InChI is InChI=1S/C30H31FO2/c1-23(2)26-15-19-29(20-16-26)33-22-6-4-3-5-7-24-8-10-25(11-9-24)12-21-30(32)27-13-17-28(31)18-14-27/h8-21H,1,3-7,22H2,2H3. The first-order valence-corrected chi connectivity index (χ1v) is 11.5. The van der Waals surface area contributed by atoms with Gasteiger partial charge < -0.3 is 4.74 Å². The second-order valence-electron chi connectivity index (χ2n) is 8.26. The molecule has 3 heteroatoms. The molecule has 0 saturated heterocycles. The number of carbonyl (C=O) groups excluding carboxylic acids is 1. The minimum absolute atomic E-state index is 0.132. The summed E-state index contributed by atoms with van der Waals surface area (Å²) < 4.78 is 18.8. The van der Waals surface area contributed by atoms with Gasteiger partial charge in [-0.25, -0.2) is 4.39 Å². The zero-order valence-corrected chi connectivity index (χ0v) is 19.2. The van der Waals surface area contributed by atoms with Gasteiger partial charge in [0.1, 0.15) is 11.6 Å². The van der Waals surface area contributed by atoms with Crippen molar-refractivity contribution in [3.05, 3.63) is 114 Å². The highest BCUT2D eigenvalue weighted by molar-refractivity contribution is 6.06. The van der Waals surface area contributed by atoms with Crippen LogP contribution in [0.25, 0.3) is 11.6 Å². The van der Waals surface area contributed by atoms with Crippen LogP contribution in [0.4, 0.5) is 4.39 Å². The molecular weight excluding hydrogens is 411 g/mol. The Labute approximate surface area is 196 Å². The highest BCUT2D eigenvalue weighted by Crippen LogP contribution is 2.18. The Balaban J connectivity index is 1.31. The van der Waals surface area contributed by atoms with E-state index in [9.17, 15) is 9.18 Å². The van der Waals surface area contributed by atoms with Crippen molar-refractivity contribution in [1.29, 1.82) is 0 Å². The van der Waals surface area contributed by atoms with Crippen LogP contribution in [-0.4, -0.2) is 12.4 Å². The molecule has 0 aromatic heterocycles. The number of halogens is 1. The molecule has 0 aliphatic carbocycles. The Morgan fingerprint density at radius 2 is 1.48 bits per heavy atom. The monoisotopic (exact) mass is 442 g/mol. The van der Waals surface area contributed by atoms with Gasteiger partial charge in [-0.05, 0) is 85.4 Å². The quantitative estimate of drug-likeness (QED) is 0.162. The van der Waals surface area contributed by atoms with Crippen LogP contribution in [0, 0.1) is 5.82 Å². The Hall–Kier alpha value is -3.46. The molecule has 0 aliphatic rings. The zero-order chi connectivity index (χ0) is 23.5. The predicted octanol–water partition coefficient (Wildman–Crippen LogP) is 7.94. The number of unbranched alkanes of at least 4 members (excludes halogenated alkanes) is 3. The summed E-state index contributed by atoms with van der Waals surface area (Å²) in [6.45, 7) is 6.69. The van der Waals surface area contributed by atoms with Gasteiger partial charge in [0.15, 0.2) is 5.78 Å². The summed E-state index contributed by atoms with van der Waals surface area (Å²) >= 11 is 0. The second kappa shape index (κ2) is 12.5. The van der Waals surface area contributed by atoms with E-state index >= 15 is 0 Å². The van der Waals surface area contributed by atoms with E-state index in [-0.39, 0.29) is 11.6 Å². The zero-order valence-electron chi connectivity index (χ0n) is 19.2. The molecule has 3 rings (SSSR count). The van der Waals surface area contributed by atoms with E-state index in [1.165, 1.54) is 42.3 Å². The van der Waals surface area contributed by atoms with Gasteiger partial charge in [0, 0.05) is 5.56 Å². The molecule has 0 N–H and O–H groups in total. The summed E-state index contributed by atoms with van der Waals surface area (Å²) in [5, 5.41) is 0. The average molecular weight is 443 g/mol. The van der Waals surface area contributed by atoms with Crippen LogP contribution in [0.15, 0.2) is 85.5 Å². The number of aryl methyl sites for hydroxylation is 1. The number of allylic oxidation sites excluding steroid dienone is 2. The van der Waals surface area contributed by atoms with Crippen molar-refractivity contribution in [2.75, 3.05) is 6.61 Å². The maximum Gasteiger partial charge on any atom is 0.185 e. The molecule has 0 aliphatic heterocycles. The maximum absolute atomic E-state index is 13.0. The third-order valence-electron chi connectivity index (χ3n) is 5.51. The largest absolute Gasteiger partial charge is 0.494 e. The van der Waals surface area contributed by atoms with Crippen molar-refractivity contribution in [3.8, 4) is 5.75 Å². The van der Waals surface area contributed by atoms with Crippen LogP contribution in [0.3, 0.4) is 0 Å². The molecule has 170 valence electrons. The molecule has 0 bridgehead atoms. The molecule has 0 radical (unpaired) electrons. The molecule has 3 aromatic rings. The molecular formula is C30H31FO2. The molecule has 0 atom stereocenters. The van der Waals surface area contributed by atoms with E-state index in [2.05, 4.69) is 18.7 Å². The summed E-state index contributed by atoms with van der Waals surface area (Å²) in [7, 11) is 0. The number of hydrogen-bond donors (Lipinski definition) is 0. The average Bonchev–Trinajstić information content (AvgIpc) is 2.83. The lowest BCUT2D eigenvalue weighted by Crippen LogP contribution is -1.97. The highest BCUT2D eigenvalue weighted by Gasteiger charge is 2.02. The van der Waals surface area contributed by atoms with Gasteiger partial charge >= 0.3 is 0 Å². The smallest absolute Gasteiger partial charge is 0.185 e. The molecule has 3 aromatic carbocycles. The number of ketones is 1. The lowest BCUT2D eigenvalue weighted by Gasteiger charge is -2.07. The van der Waals surface area contributed by atoms with Crippen molar-refractivity contribution < 1.29 is 13.9 Å². The predicted molar refractivity (Wildman–Crippen MR) is 135 cm³/mol. The number of hydrogen-bond acceptors (Lipinski definition) is 2. The van der Waals surface area contributed by atoms with Gasteiger partial charge in [-0.3, -0.25) is 4.79 Å². The number of benzene rings is 3. The molecule has 0 heterocycles. The Morgan fingerprint density at radius 3 is 2.15 bits per heavy atom. The van der Waals surface area contributed by atoms with Crippen LogP contribution in [0.5, 0.6) is 5.75 Å². The van der Waals surface area contributed by atoms with Gasteiger partial charge in [-0.1, -0.05) is 67.5 Å². The first-order valence-electron chi connectivity index (χ1n) is 11.5. The topological polar surface area (TPSA) is 26.3 Å². The third kappa shape index (κ3) is 8.19. The normalized spacial score (nSPS) is 11.0. The van der Waals surface area contributed by atoms with E-state index in [1.807, 2.05) is 43.3 Å². The van der Waals surface area contributed by atoms with Crippen LogP contribution in [0.1, 0.15) is 59.7 Å². The van der Waals surface area contributed by atoms with Crippen molar-refractivity contribution >= 4 is 17.4 Å². The summed E-state index contributed by atoms with van der Waals surface area (Å²) in [4.78, 5) is 12.1. The van der Waals surface area contributed by atoms with Gasteiger partial charge in [0.2, 0.25) is 0 Å². The summed E-state index contributed by atoms with van der Waals surface area (Å²) in [5.74, 6) is 0.435. The van der Waals surface area contributed by atoms with Crippen molar-refractivity contribution in [2.45, 2.75) is 39.0 Å². The van der Waals surface area contributed by atoms with E-state index in [4.69, 9.17) is 4.74 Å².